The number of ether oxygens (including phenoxy) is 1. The van der Waals surface area contributed by atoms with Crippen LogP contribution < -0.4 is 5.56 Å². The second-order valence-corrected chi connectivity index (χ2v) is 7.54. The fourth-order valence-corrected chi connectivity index (χ4v) is 2.86. The SMILES string of the molecule is CN(CC1CCN(C(=O)OC(C)(C)C)CC1)C(=O)c1ccc(=O)[nH]c1. The third-order valence-electron chi connectivity index (χ3n) is 4.18. The highest BCUT2D eigenvalue weighted by Gasteiger charge is 2.28. The zero-order valence-electron chi connectivity index (χ0n) is 15.4. The Hall–Kier alpha value is -2.31. The number of hydrogen-bond acceptors (Lipinski definition) is 4. The molecule has 25 heavy (non-hydrogen) atoms. The predicted molar refractivity (Wildman–Crippen MR) is 94.6 cm³/mol. The van der Waals surface area contributed by atoms with Gasteiger partial charge in [-0.1, -0.05) is 0 Å². The average molecular weight is 349 g/mol. The van der Waals surface area contributed by atoms with Gasteiger partial charge in [-0.05, 0) is 45.6 Å². The maximum absolute atomic E-state index is 12.4. The molecule has 1 aromatic heterocycles. The normalized spacial score (nSPS) is 15.8. The Labute approximate surface area is 148 Å². The van der Waals surface area contributed by atoms with Crippen molar-refractivity contribution >= 4 is 12.0 Å². The van der Waals surface area contributed by atoms with E-state index in [4.69, 9.17) is 4.74 Å². The number of pyridine rings is 1. The molecule has 2 rings (SSSR count). The number of H-pyrrole nitrogens is 1. The van der Waals surface area contributed by atoms with Crippen molar-refractivity contribution in [1.29, 1.82) is 0 Å². The van der Waals surface area contributed by atoms with E-state index < -0.39 is 5.60 Å². The number of hydrogen-bond donors (Lipinski definition) is 1. The van der Waals surface area contributed by atoms with Gasteiger partial charge >= 0.3 is 6.09 Å². The van der Waals surface area contributed by atoms with E-state index in [1.54, 1.807) is 16.8 Å². The van der Waals surface area contributed by atoms with E-state index in [0.29, 0.717) is 31.1 Å². The number of nitrogens with zero attached hydrogens (tertiary/aromatic N) is 2. The molecule has 1 saturated heterocycles. The molecule has 0 radical (unpaired) electrons. The van der Waals surface area contributed by atoms with Crippen LogP contribution in [0.4, 0.5) is 4.79 Å². The minimum atomic E-state index is -0.489. The van der Waals surface area contributed by atoms with Crippen LogP contribution in [0.3, 0.4) is 0 Å². The van der Waals surface area contributed by atoms with Crippen LogP contribution >= 0.6 is 0 Å². The van der Waals surface area contributed by atoms with E-state index in [2.05, 4.69) is 4.98 Å². The molecule has 1 fully saturated rings. The smallest absolute Gasteiger partial charge is 0.410 e. The van der Waals surface area contributed by atoms with Gasteiger partial charge < -0.3 is 19.5 Å². The first-order chi connectivity index (χ1) is 11.7. The molecule has 1 N–H and O–H groups in total. The Kier molecular flexibility index (Phi) is 5.87. The third kappa shape index (κ3) is 5.62. The number of amides is 2. The molecule has 0 saturated carbocycles. The number of likely N-dealkylation sites (tertiary alicyclic amines) is 1. The Morgan fingerprint density at radius 1 is 1.28 bits per heavy atom. The number of aromatic amines is 1. The Morgan fingerprint density at radius 2 is 1.92 bits per heavy atom. The number of piperidine rings is 1. The first-order valence-electron chi connectivity index (χ1n) is 8.58. The van der Waals surface area contributed by atoms with Crippen LogP contribution in [0.2, 0.25) is 0 Å². The summed E-state index contributed by atoms with van der Waals surface area (Å²) in [6.45, 7) is 7.47. The standard InChI is InChI=1S/C18H27N3O4/c1-18(2,3)25-17(24)21-9-7-13(8-10-21)12-20(4)16(23)14-5-6-15(22)19-11-14/h5-6,11,13H,7-10,12H2,1-4H3,(H,19,22). The van der Waals surface area contributed by atoms with Crippen LogP contribution in [0.15, 0.2) is 23.1 Å². The van der Waals surface area contributed by atoms with Gasteiger partial charge in [-0.2, -0.15) is 0 Å². The van der Waals surface area contributed by atoms with E-state index in [1.165, 1.54) is 18.3 Å². The van der Waals surface area contributed by atoms with Gasteiger partial charge in [0, 0.05) is 38.9 Å². The molecule has 7 heteroatoms. The molecule has 0 atom stereocenters. The lowest BCUT2D eigenvalue weighted by Crippen LogP contribution is -2.44. The van der Waals surface area contributed by atoms with Crippen LogP contribution in [0, 0.1) is 5.92 Å². The van der Waals surface area contributed by atoms with Crippen LogP contribution in [-0.4, -0.2) is 59.1 Å². The maximum atomic E-state index is 12.4. The molecule has 0 aliphatic carbocycles. The van der Waals surface area contributed by atoms with Gasteiger partial charge in [-0.15, -0.1) is 0 Å². The lowest BCUT2D eigenvalue weighted by molar-refractivity contribution is 0.0171. The van der Waals surface area contributed by atoms with Crippen LogP contribution in [0.25, 0.3) is 0 Å². The van der Waals surface area contributed by atoms with Crippen molar-refractivity contribution in [3.8, 4) is 0 Å². The molecule has 1 aromatic rings. The first kappa shape index (κ1) is 19.0. The predicted octanol–water partition coefficient (Wildman–Crippen LogP) is 2.09. The lowest BCUT2D eigenvalue weighted by atomic mass is 9.96. The second kappa shape index (κ2) is 7.72. The molecule has 7 nitrogen and oxygen atoms in total. The van der Waals surface area contributed by atoms with Gasteiger partial charge in [-0.3, -0.25) is 9.59 Å². The molecule has 138 valence electrons. The summed E-state index contributed by atoms with van der Waals surface area (Å²) in [7, 11) is 1.76. The Balaban J connectivity index is 1.83. The highest BCUT2D eigenvalue weighted by atomic mass is 16.6. The van der Waals surface area contributed by atoms with E-state index in [-0.39, 0.29) is 17.6 Å². The molecule has 1 aliphatic rings. The molecule has 2 heterocycles. The van der Waals surface area contributed by atoms with Crippen molar-refractivity contribution in [2.75, 3.05) is 26.7 Å². The Bertz CT molecular complexity index is 649. The summed E-state index contributed by atoms with van der Waals surface area (Å²) in [6, 6.07) is 2.88. The first-order valence-corrected chi connectivity index (χ1v) is 8.58. The van der Waals surface area contributed by atoms with E-state index in [9.17, 15) is 14.4 Å². The summed E-state index contributed by atoms with van der Waals surface area (Å²) in [5.74, 6) is 0.223. The number of nitrogens with one attached hydrogen (secondary N) is 1. The summed E-state index contributed by atoms with van der Waals surface area (Å²) in [5, 5.41) is 0. The second-order valence-electron chi connectivity index (χ2n) is 7.54. The monoisotopic (exact) mass is 349 g/mol. The third-order valence-corrected chi connectivity index (χ3v) is 4.18. The molecule has 1 aliphatic heterocycles. The summed E-state index contributed by atoms with van der Waals surface area (Å²) >= 11 is 0. The molecule has 0 aromatic carbocycles. The van der Waals surface area contributed by atoms with Gasteiger partial charge in [0.2, 0.25) is 5.56 Å². The number of carbonyl (C=O) groups is 2. The maximum Gasteiger partial charge on any atom is 0.410 e. The molecular weight excluding hydrogens is 322 g/mol. The van der Waals surface area contributed by atoms with Crippen molar-refractivity contribution < 1.29 is 14.3 Å². The number of carbonyl (C=O) groups excluding carboxylic acids is 2. The Morgan fingerprint density at radius 3 is 2.44 bits per heavy atom. The van der Waals surface area contributed by atoms with Gasteiger partial charge in [0.05, 0.1) is 5.56 Å². The fourth-order valence-electron chi connectivity index (χ4n) is 2.86. The molecule has 0 unspecified atom stereocenters. The summed E-state index contributed by atoms with van der Waals surface area (Å²) in [6.07, 6.45) is 2.83. The van der Waals surface area contributed by atoms with E-state index in [0.717, 1.165) is 12.8 Å². The number of rotatable bonds is 3. The summed E-state index contributed by atoms with van der Waals surface area (Å²) < 4.78 is 5.39. The van der Waals surface area contributed by atoms with Gasteiger partial charge in [-0.25, -0.2) is 4.79 Å². The highest BCUT2D eigenvalue weighted by molar-refractivity contribution is 5.93. The lowest BCUT2D eigenvalue weighted by Gasteiger charge is -2.34. The molecule has 0 spiro atoms. The minimum absolute atomic E-state index is 0.120. The van der Waals surface area contributed by atoms with Crippen LogP contribution in [0.5, 0.6) is 0 Å². The average Bonchev–Trinajstić information content (AvgIpc) is 2.54. The van der Waals surface area contributed by atoms with Crippen LogP contribution in [-0.2, 0) is 4.74 Å². The van der Waals surface area contributed by atoms with Crippen molar-refractivity contribution in [3.05, 3.63) is 34.2 Å². The summed E-state index contributed by atoms with van der Waals surface area (Å²) in [5.41, 5.74) is -0.251. The van der Waals surface area contributed by atoms with Crippen molar-refractivity contribution in [2.45, 2.75) is 39.2 Å². The van der Waals surface area contributed by atoms with Gasteiger partial charge in [0.25, 0.3) is 5.91 Å². The number of aromatic nitrogens is 1. The fraction of sp³-hybridized carbons (Fsp3) is 0.611. The van der Waals surface area contributed by atoms with Crippen molar-refractivity contribution in [1.82, 2.24) is 14.8 Å². The molecular formula is C18H27N3O4. The quantitative estimate of drug-likeness (QED) is 0.906. The van der Waals surface area contributed by atoms with Gasteiger partial charge in [0.15, 0.2) is 0 Å². The molecule has 0 bridgehead atoms. The van der Waals surface area contributed by atoms with E-state index in [1.807, 2.05) is 20.8 Å². The topological polar surface area (TPSA) is 82.7 Å². The zero-order chi connectivity index (χ0) is 18.6. The van der Waals surface area contributed by atoms with E-state index >= 15 is 0 Å². The molecule has 2 amide bonds. The highest BCUT2D eigenvalue weighted by Crippen LogP contribution is 2.20. The van der Waals surface area contributed by atoms with Crippen molar-refractivity contribution in [2.24, 2.45) is 5.92 Å². The summed E-state index contributed by atoms with van der Waals surface area (Å²) in [4.78, 5) is 41.4. The van der Waals surface area contributed by atoms with Crippen LogP contribution in [0.1, 0.15) is 44.0 Å². The van der Waals surface area contributed by atoms with Gasteiger partial charge in [0.1, 0.15) is 5.60 Å². The zero-order valence-corrected chi connectivity index (χ0v) is 15.4. The van der Waals surface area contributed by atoms with Crippen molar-refractivity contribution in [3.63, 3.8) is 0 Å². The largest absolute Gasteiger partial charge is 0.444 e. The minimum Gasteiger partial charge on any atom is -0.444 e.